The van der Waals surface area contributed by atoms with Crippen molar-refractivity contribution in [2.45, 2.75) is 19.5 Å². The van der Waals surface area contributed by atoms with Crippen LogP contribution in [0, 0.1) is 0 Å². The number of carbonyl (C=O) groups is 1. The minimum Gasteiger partial charge on any atom is -0.439 e. The minimum absolute atomic E-state index is 0.233. The van der Waals surface area contributed by atoms with Gasteiger partial charge in [0.05, 0.1) is 11.2 Å². The van der Waals surface area contributed by atoms with Gasteiger partial charge in [0.25, 0.3) is 0 Å². The van der Waals surface area contributed by atoms with Crippen molar-refractivity contribution in [3.63, 3.8) is 0 Å². The van der Waals surface area contributed by atoms with Gasteiger partial charge >= 0.3 is 0 Å². The lowest BCUT2D eigenvalue weighted by molar-refractivity contribution is -0.122. The van der Waals surface area contributed by atoms with Gasteiger partial charge in [-0.2, -0.15) is 5.10 Å². The molecule has 0 aliphatic carbocycles. The second-order valence-corrected chi connectivity index (χ2v) is 8.08. The van der Waals surface area contributed by atoms with E-state index in [2.05, 4.69) is 38.1 Å². The summed E-state index contributed by atoms with van der Waals surface area (Å²) in [5.41, 5.74) is 3.90. The maximum Gasteiger partial charge on any atom is 0.219 e. The molecule has 1 aliphatic heterocycles. The summed E-state index contributed by atoms with van der Waals surface area (Å²) in [5, 5.41) is 7.95. The molecular weight excluding hydrogens is 404 g/mol. The van der Waals surface area contributed by atoms with Crippen LogP contribution < -0.4 is 4.74 Å². The zero-order chi connectivity index (χ0) is 21.9. The van der Waals surface area contributed by atoms with E-state index in [-0.39, 0.29) is 6.04 Å². The highest BCUT2D eigenvalue weighted by molar-refractivity contribution is 5.80. The quantitative estimate of drug-likeness (QED) is 0.473. The third kappa shape index (κ3) is 4.31. The topological polar surface area (TPSA) is 87.2 Å². The molecule has 0 spiro atoms. The first-order valence-corrected chi connectivity index (χ1v) is 10.6. The monoisotopic (exact) mass is 428 g/mol. The van der Waals surface area contributed by atoms with Crippen molar-refractivity contribution in [1.82, 2.24) is 30.0 Å². The number of pyridine rings is 2. The summed E-state index contributed by atoms with van der Waals surface area (Å²) in [6, 6.07) is 14.0. The number of amides is 1. The molecule has 1 unspecified atom stereocenters. The molecule has 8 nitrogen and oxygen atoms in total. The molecule has 1 saturated heterocycles. The number of nitrogens with zero attached hydrogens (tertiary/aromatic N) is 5. The fraction of sp³-hybridized carbons (Fsp3) is 0.250. The van der Waals surface area contributed by atoms with Crippen LogP contribution in [0.4, 0.5) is 0 Å². The van der Waals surface area contributed by atoms with E-state index in [4.69, 9.17) is 4.74 Å². The Labute approximate surface area is 185 Å². The molecule has 1 aromatic carbocycles. The number of aromatic nitrogens is 4. The SMILES string of the molecule is CC1CN(Cc2cnc3cc(Oc4ccc(-c5ccn[nH]5)cn4)ccc3c2)CCN1C=O. The first kappa shape index (κ1) is 20.1. The van der Waals surface area contributed by atoms with Crippen LogP contribution in [-0.4, -0.2) is 62.1 Å². The molecule has 1 atom stereocenters. The van der Waals surface area contributed by atoms with Crippen molar-refractivity contribution < 1.29 is 9.53 Å². The van der Waals surface area contributed by atoms with Gasteiger partial charge in [-0.3, -0.25) is 19.8 Å². The van der Waals surface area contributed by atoms with Gasteiger partial charge in [-0.05, 0) is 42.8 Å². The third-order valence-corrected chi connectivity index (χ3v) is 5.79. The minimum atomic E-state index is 0.233. The van der Waals surface area contributed by atoms with Crippen LogP contribution in [0.1, 0.15) is 12.5 Å². The number of hydrogen-bond donors (Lipinski definition) is 1. The Hall–Kier alpha value is -3.78. The van der Waals surface area contributed by atoms with E-state index in [1.807, 2.05) is 47.5 Å². The lowest BCUT2D eigenvalue weighted by atomic mass is 10.1. The number of piperazine rings is 1. The summed E-state index contributed by atoms with van der Waals surface area (Å²) >= 11 is 0. The van der Waals surface area contributed by atoms with E-state index in [0.29, 0.717) is 11.6 Å². The van der Waals surface area contributed by atoms with Crippen LogP contribution in [0.5, 0.6) is 11.6 Å². The maximum absolute atomic E-state index is 11.1. The third-order valence-electron chi connectivity index (χ3n) is 5.79. The van der Waals surface area contributed by atoms with E-state index in [1.165, 1.54) is 0 Å². The van der Waals surface area contributed by atoms with Crippen molar-refractivity contribution in [3.05, 3.63) is 66.6 Å². The summed E-state index contributed by atoms with van der Waals surface area (Å²) < 4.78 is 5.92. The predicted octanol–water partition coefficient (Wildman–Crippen LogP) is 3.47. The Morgan fingerprint density at radius 1 is 1.12 bits per heavy atom. The fourth-order valence-electron chi connectivity index (χ4n) is 4.04. The maximum atomic E-state index is 11.1. The number of aromatic amines is 1. The molecule has 8 heteroatoms. The molecule has 0 radical (unpaired) electrons. The Bertz CT molecular complexity index is 1210. The van der Waals surface area contributed by atoms with Crippen LogP contribution in [0.15, 0.2) is 61.1 Å². The van der Waals surface area contributed by atoms with Gasteiger partial charge < -0.3 is 9.64 Å². The molecule has 1 N–H and O–H groups in total. The second-order valence-electron chi connectivity index (χ2n) is 8.08. The van der Waals surface area contributed by atoms with Gasteiger partial charge in [-0.15, -0.1) is 0 Å². The standard InChI is InChI=1S/C24H24N6O2/c1-17-14-29(8-9-30(17)16-31)15-18-10-19-2-4-21(11-23(19)25-12-18)32-24-5-3-20(13-26-24)22-6-7-27-28-22/h2-7,10-13,16-17H,8-9,14-15H2,1H3,(H,27,28). The lowest BCUT2D eigenvalue weighted by Crippen LogP contribution is -2.50. The number of H-pyrrole nitrogens is 1. The van der Waals surface area contributed by atoms with Crippen LogP contribution in [0.25, 0.3) is 22.2 Å². The average Bonchev–Trinajstić information content (AvgIpc) is 3.35. The number of benzene rings is 1. The Balaban J connectivity index is 1.26. The molecule has 5 rings (SSSR count). The highest BCUT2D eigenvalue weighted by atomic mass is 16.5. The Morgan fingerprint density at radius 3 is 2.81 bits per heavy atom. The van der Waals surface area contributed by atoms with Gasteiger partial charge in [-0.25, -0.2) is 4.98 Å². The zero-order valence-electron chi connectivity index (χ0n) is 17.8. The molecule has 4 heterocycles. The fourth-order valence-corrected chi connectivity index (χ4v) is 4.04. The number of hydrogen-bond acceptors (Lipinski definition) is 6. The number of rotatable bonds is 6. The molecule has 162 valence electrons. The van der Waals surface area contributed by atoms with Gasteiger partial charge in [0.2, 0.25) is 12.3 Å². The molecule has 32 heavy (non-hydrogen) atoms. The molecule has 3 aromatic heterocycles. The van der Waals surface area contributed by atoms with Gasteiger partial charge in [-0.1, -0.05) is 0 Å². The summed E-state index contributed by atoms with van der Waals surface area (Å²) in [7, 11) is 0. The van der Waals surface area contributed by atoms with E-state index in [9.17, 15) is 4.79 Å². The van der Waals surface area contributed by atoms with Gasteiger partial charge in [0, 0.05) is 73.9 Å². The summed E-state index contributed by atoms with van der Waals surface area (Å²) in [5.74, 6) is 1.21. The highest BCUT2D eigenvalue weighted by Gasteiger charge is 2.22. The van der Waals surface area contributed by atoms with Crippen LogP contribution in [0.3, 0.4) is 0 Å². The average molecular weight is 428 g/mol. The van der Waals surface area contributed by atoms with Crippen LogP contribution >= 0.6 is 0 Å². The van der Waals surface area contributed by atoms with Gasteiger partial charge in [0.1, 0.15) is 5.75 Å². The van der Waals surface area contributed by atoms with E-state index >= 15 is 0 Å². The summed E-state index contributed by atoms with van der Waals surface area (Å²) in [6.45, 7) is 5.42. The first-order chi connectivity index (χ1) is 15.7. The Kier molecular flexibility index (Phi) is 5.51. The van der Waals surface area contributed by atoms with Crippen molar-refractivity contribution in [1.29, 1.82) is 0 Å². The first-order valence-electron chi connectivity index (χ1n) is 10.6. The van der Waals surface area contributed by atoms with Crippen molar-refractivity contribution >= 4 is 17.3 Å². The smallest absolute Gasteiger partial charge is 0.219 e. The number of ether oxygens (including phenoxy) is 1. The van der Waals surface area contributed by atoms with Crippen molar-refractivity contribution in [3.8, 4) is 22.9 Å². The lowest BCUT2D eigenvalue weighted by Gasteiger charge is -2.37. The predicted molar refractivity (Wildman–Crippen MR) is 121 cm³/mol. The molecule has 0 bridgehead atoms. The molecule has 1 amide bonds. The van der Waals surface area contributed by atoms with Crippen LogP contribution in [0.2, 0.25) is 0 Å². The van der Waals surface area contributed by atoms with E-state index < -0.39 is 0 Å². The number of nitrogens with one attached hydrogen (secondary N) is 1. The normalized spacial score (nSPS) is 16.9. The second kappa shape index (κ2) is 8.76. The van der Waals surface area contributed by atoms with Crippen molar-refractivity contribution in [2.75, 3.05) is 19.6 Å². The molecule has 4 aromatic rings. The van der Waals surface area contributed by atoms with E-state index in [0.717, 1.165) is 60.3 Å². The zero-order valence-corrected chi connectivity index (χ0v) is 17.8. The highest BCUT2D eigenvalue weighted by Crippen LogP contribution is 2.26. The molecule has 1 fully saturated rings. The van der Waals surface area contributed by atoms with Crippen LogP contribution in [-0.2, 0) is 11.3 Å². The molecule has 1 aliphatic rings. The number of carbonyl (C=O) groups excluding carboxylic acids is 1. The Morgan fingerprint density at radius 2 is 2.06 bits per heavy atom. The number of fused-ring (bicyclic) bond motifs is 1. The molecule has 0 saturated carbocycles. The summed E-state index contributed by atoms with van der Waals surface area (Å²) in [4.78, 5) is 24.3. The summed E-state index contributed by atoms with van der Waals surface area (Å²) in [6.07, 6.45) is 6.33. The van der Waals surface area contributed by atoms with Crippen molar-refractivity contribution in [2.24, 2.45) is 0 Å². The van der Waals surface area contributed by atoms with Gasteiger partial charge in [0.15, 0.2) is 0 Å². The largest absolute Gasteiger partial charge is 0.439 e. The van der Waals surface area contributed by atoms with E-state index in [1.54, 1.807) is 12.4 Å². The molecular formula is C24H24N6O2.